The third kappa shape index (κ3) is 2.59. The predicted octanol–water partition coefficient (Wildman–Crippen LogP) is 1.26. The van der Waals surface area contributed by atoms with Gasteiger partial charge in [-0.25, -0.2) is 4.98 Å². The molecule has 3 N–H and O–H groups in total. The minimum Gasteiger partial charge on any atom is -0.481 e. The zero-order valence-electron chi connectivity index (χ0n) is 11.5. The van der Waals surface area contributed by atoms with E-state index in [0.717, 1.165) is 0 Å². The number of carboxylic acids is 1. The summed E-state index contributed by atoms with van der Waals surface area (Å²) < 4.78 is 0. The van der Waals surface area contributed by atoms with Gasteiger partial charge in [-0.3, -0.25) is 9.59 Å². The lowest BCUT2D eigenvalue weighted by molar-refractivity contribution is -0.150. The first kappa shape index (κ1) is 14.3. The first-order chi connectivity index (χ1) is 9.48. The molecule has 1 aromatic heterocycles. The summed E-state index contributed by atoms with van der Waals surface area (Å²) in [7, 11) is 0. The molecule has 2 rings (SSSR count). The van der Waals surface area contributed by atoms with E-state index < -0.39 is 17.3 Å². The number of pyridine rings is 1. The Labute approximate surface area is 117 Å². The van der Waals surface area contributed by atoms with Crippen LogP contribution in [0.25, 0.3) is 0 Å². The molecule has 20 heavy (non-hydrogen) atoms. The maximum atomic E-state index is 11.4. The van der Waals surface area contributed by atoms with Gasteiger partial charge in [-0.1, -0.05) is 13.0 Å². The van der Waals surface area contributed by atoms with Crippen LogP contribution in [-0.2, 0) is 4.79 Å². The molecule has 0 spiro atoms. The third-order valence-corrected chi connectivity index (χ3v) is 4.16. The van der Waals surface area contributed by atoms with Crippen molar-refractivity contribution in [2.24, 2.45) is 11.1 Å². The van der Waals surface area contributed by atoms with Gasteiger partial charge in [0.15, 0.2) is 0 Å². The van der Waals surface area contributed by atoms with Gasteiger partial charge in [0.25, 0.3) is 5.91 Å². The maximum absolute atomic E-state index is 11.4. The van der Waals surface area contributed by atoms with Crippen LogP contribution >= 0.6 is 0 Å². The summed E-state index contributed by atoms with van der Waals surface area (Å²) in [4.78, 5) is 28.8. The molecule has 6 nitrogen and oxygen atoms in total. The number of rotatable bonds is 4. The maximum Gasteiger partial charge on any atom is 0.309 e. The number of carbonyl (C=O) groups excluding carboxylic acids is 1. The minimum atomic E-state index is -0.724. The van der Waals surface area contributed by atoms with Gasteiger partial charge < -0.3 is 15.7 Å². The SMILES string of the molecule is CCC1(C(=O)O)CCN(c2cccc(C(N)=O)n2)CC1. The number of primary amides is 1. The zero-order chi connectivity index (χ0) is 14.8. The van der Waals surface area contributed by atoms with Crippen LogP contribution in [-0.4, -0.2) is 35.1 Å². The Hall–Kier alpha value is -2.11. The average molecular weight is 277 g/mol. The molecule has 0 unspecified atom stereocenters. The molecule has 6 heteroatoms. The summed E-state index contributed by atoms with van der Waals surface area (Å²) in [6, 6.07) is 5.12. The molecule has 0 bridgehead atoms. The van der Waals surface area contributed by atoms with Crippen molar-refractivity contribution in [3.8, 4) is 0 Å². The second-order valence-electron chi connectivity index (χ2n) is 5.17. The lowest BCUT2D eigenvalue weighted by atomic mass is 9.76. The number of carbonyl (C=O) groups is 2. The molecule has 2 heterocycles. The monoisotopic (exact) mass is 277 g/mol. The Bertz CT molecular complexity index is 522. The Kier molecular flexibility index (Phi) is 3.92. The molecule has 0 aromatic carbocycles. The Balaban J connectivity index is 2.13. The Morgan fingerprint density at radius 1 is 1.40 bits per heavy atom. The molecular formula is C14H19N3O3. The number of hydrogen-bond acceptors (Lipinski definition) is 4. The number of nitrogens with two attached hydrogens (primary N) is 1. The fourth-order valence-electron chi connectivity index (χ4n) is 2.62. The van der Waals surface area contributed by atoms with E-state index >= 15 is 0 Å². The molecule has 0 saturated carbocycles. The highest BCUT2D eigenvalue weighted by molar-refractivity contribution is 5.91. The second kappa shape index (κ2) is 5.48. The van der Waals surface area contributed by atoms with Crippen molar-refractivity contribution in [3.63, 3.8) is 0 Å². The van der Waals surface area contributed by atoms with Crippen molar-refractivity contribution in [3.05, 3.63) is 23.9 Å². The van der Waals surface area contributed by atoms with Crippen LogP contribution in [0.3, 0.4) is 0 Å². The summed E-state index contributed by atoms with van der Waals surface area (Å²) in [6.45, 7) is 3.15. The van der Waals surface area contributed by atoms with Crippen LogP contribution in [0.2, 0.25) is 0 Å². The minimum absolute atomic E-state index is 0.230. The first-order valence-electron chi connectivity index (χ1n) is 6.74. The molecule has 108 valence electrons. The molecule has 0 atom stereocenters. The van der Waals surface area contributed by atoms with Crippen LogP contribution in [0.5, 0.6) is 0 Å². The number of anilines is 1. The summed E-state index contributed by atoms with van der Waals surface area (Å²) in [5.74, 6) is -0.604. The number of carboxylic acid groups (broad SMARTS) is 1. The molecule has 1 aliphatic rings. The van der Waals surface area contributed by atoms with E-state index in [9.17, 15) is 14.7 Å². The molecule has 1 saturated heterocycles. The van der Waals surface area contributed by atoms with E-state index in [1.165, 1.54) is 0 Å². The van der Waals surface area contributed by atoms with Crippen LogP contribution in [0.4, 0.5) is 5.82 Å². The van der Waals surface area contributed by atoms with Crippen molar-refractivity contribution >= 4 is 17.7 Å². The van der Waals surface area contributed by atoms with Crippen molar-refractivity contribution < 1.29 is 14.7 Å². The van der Waals surface area contributed by atoms with Crippen molar-refractivity contribution in [1.82, 2.24) is 4.98 Å². The highest BCUT2D eigenvalue weighted by Gasteiger charge is 2.40. The number of aliphatic carboxylic acids is 1. The molecule has 1 amide bonds. The van der Waals surface area contributed by atoms with Gasteiger partial charge in [0.2, 0.25) is 0 Å². The third-order valence-electron chi connectivity index (χ3n) is 4.16. The molecular weight excluding hydrogens is 258 g/mol. The van der Waals surface area contributed by atoms with Crippen molar-refractivity contribution in [1.29, 1.82) is 0 Å². The Morgan fingerprint density at radius 2 is 2.05 bits per heavy atom. The van der Waals surface area contributed by atoms with Gasteiger partial charge in [-0.2, -0.15) is 0 Å². The van der Waals surface area contributed by atoms with E-state index in [2.05, 4.69) is 4.98 Å². The summed E-state index contributed by atoms with van der Waals surface area (Å²) in [5.41, 5.74) is 4.82. The number of aromatic nitrogens is 1. The molecule has 1 aromatic rings. The van der Waals surface area contributed by atoms with Crippen LogP contribution < -0.4 is 10.6 Å². The molecule has 1 fully saturated rings. The normalized spacial score (nSPS) is 17.8. The van der Waals surface area contributed by atoms with Crippen LogP contribution in [0, 0.1) is 5.41 Å². The number of nitrogens with zero attached hydrogens (tertiary/aromatic N) is 2. The van der Waals surface area contributed by atoms with Gasteiger partial charge in [-0.05, 0) is 31.4 Å². The van der Waals surface area contributed by atoms with Crippen molar-refractivity contribution in [2.45, 2.75) is 26.2 Å². The fourth-order valence-corrected chi connectivity index (χ4v) is 2.62. The topological polar surface area (TPSA) is 96.5 Å². The van der Waals surface area contributed by atoms with Crippen LogP contribution in [0.15, 0.2) is 18.2 Å². The second-order valence-corrected chi connectivity index (χ2v) is 5.17. The lowest BCUT2D eigenvalue weighted by Gasteiger charge is -2.38. The molecule has 0 radical (unpaired) electrons. The van der Waals surface area contributed by atoms with E-state index in [-0.39, 0.29) is 5.69 Å². The van der Waals surface area contributed by atoms with Gasteiger partial charge in [-0.15, -0.1) is 0 Å². The lowest BCUT2D eigenvalue weighted by Crippen LogP contribution is -2.44. The summed E-state index contributed by atoms with van der Waals surface area (Å²) >= 11 is 0. The highest BCUT2D eigenvalue weighted by Crippen LogP contribution is 2.36. The van der Waals surface area contributed by atoms with E-state index in [1.54, 1.807) is 12.1 Å². The van der Waals surface area contributed by atoms with Crippen molar-refractivity contribution in [2.75, 3.05) is 18.0 Å². The van der Waals surface area contributed by atoms with E-state index in [4.69, 9.17) is 5.73 Å². The summed E-state index contributed by atoms with van der Waals surface area (Å²) in [5, 5.41) is 9.37. The predicted molar refractivity (Wildman–Crippen MR) is 74.6 cm³/mol. The van der Waals surface area contributed by atoms with Gasteiger partial charge >= 0.3 is 5.97 Å². The fraction of sp³-hybridized carbons (Fsp3) is 0.500. The standard InChI is InChI=1S/C14H19N3O3/c1-2-14(13(19)20)6-8-17(9-7-14)11-5-3-4-10(16-11)12(15)18/h3-5H,2,6-9H2,1H3,(H2,15,18)(H,19,20). The molecule has 1 aliphatic heterocycles. The number of hydrogen-bond donors (Lipinski definition) is 2. The van der Waals surface area contributed by atoms with Gasteiger partial charge in [0, 0.05) is 13.1 Å². The smallest absolute Gasteiger partial charge is 0.309 e. The van der Waals surface area contributed by atoms with E-state index in [1.807, 2.05) is 17.9 Å². The van der Waals surface area contributed by atoms with Gasteiger partial charge in [0.05, 0.1) is 5.41 Å². The van der Waals surface area contributed by atoms with Gasteiger partial charge in [0.1, 0.15) is 11.5 Å². The average Bonchev–Trinajstić information content (AvgIpc) is 2.47. The molecule has 0 aliphatic carbocycles. The largest absolute Gasteiger partial charge is 0.481 e. The van der Waals surface area contributed by atoms with Crippen LogP contribution in [0.1, 0.15) is 36.7 Å². The quantitative estimate of drug-likeness (QED) is 0.863. The summed E-state index contributed by atoms with van der Waals surface area (Å²) in [6.07, 6.45) is 1.80. The zero-order valence-corrected chi connectivity index (χ0v) is 11.5. The number of amides is 1. The Morgan fingerprint density at radius 3 is 2.55 bits per heavy atom. The highest BCUT2D eigenvalue weighted by atomic mass is 16.4. The number of piperidine rings is 1. The first-order valence-corrected chi connectivity index (χ1v) is 6.74. The van der Waals surface area contributed by atoms with E-state index in [0.29, 0.717) is 38.2 Å².